The summed E-state index contributed by atoms with van der Waals surface area (Å²) in [4.78, 5) is 2.25. The van der Waals surface area contributed by atoms with E-state index in [4.69, 9.17) is 12.2 Å². The van der Waals surface area contributed by atoms with Crippen LogP contribution in [0.2, 0.25) is 0 Å². The molecule has 112 valence electrons. The molecular weight excluding hydrogens is 280 g/mol. The molecule has 4 nitrogen and oxygen atoms in total. The van der Waals surface area contributed by atoms with Crippen LogP contribution in [0.5, 0.6) is 0 Å². The second-order valence-electron chi connectivity index (χ2n) is 5.67. The lowest BCUT2D eigenvalue weighted by Crippen LogP contribution is -2.23. The lowest BCUT2D eigenvalue weighted by atomic mass is 10.2. The van der Waals surface area contributed by atoms with Crippen LogP contribution in [0.15, 0.2) is 24.3 Å². The number of para-hydroxylation sites is 1. The maximum absolute atomic E-state index is 5.48. The van der Waals surface area contributed by atoms with Crippen LogP contribution < -0.4 is 4.90 Å². The fourth-order valence-corrected chi connectivity index (χ4v) is 3.54. The number of aryl methyl sites for hydroxylation is 1. The van der Waals surface area contributed by atoms with Crippen molar-refractivity contribution >= 4 is 23.9 Å². The van der Waals surface area contributed by atoms with Gasteiger partial charge in [0.25, 0.3) is 0 Å². The molecule has 0 amide bonds. The fourth-order valence-electron chi connectivity index (χ4n) is 3.26. The molecule has 1 saturated carbocycles. The van der Waals surface area contributed by atoms with E-state index < -0.39 is 0 Å². The van der Waals surface area contributed by atoms with E-state index in [1.807, 2.05) is 0 Å². The van der Waals surface area contributed by atoms with Gasteiger partial charge in [-0.25, -0.2) is 5.10 Å². The van der Waals surface area contributed by atoms with Gasteiger partial charge in [0.2, 0.25) is 5.95 Å². The molecular formula is C16H22N4S. The Balaban J connectivity index is 2.06. The normalized spacial score (nSPS) is 15.5. The van der Waals surface area contributed by atoms with Crippen LogP contribution in [-0.2, 0) is 0 Å². The highest BCUT2D eigenvalue weighted by Crippen LogP contribution is 2.35. The molecule has 0 atom stereocenters. The summed E-state index contributed by atoms with van der Waals surface area (Å²) >= 11 is 5.48. The van der Waals surface area contributed by atoms with E-state index in [9.17, 15) is 0 Å². The van der Waals surface area contributed by atoms with E-state index in [1.54, 1.807) is 0 Å². The molecule has 1 aromatic heterocycles. The van der Waals surface area contributed by atoms with Gasteiger partial charge in [0, 0.05) is 18.3 Å². The largest absolute Gasteiger partial charge is 0.311 e. The van der Waals surface area contributed by atoms with Crippen molar-refractivity contribution < 1.29 is 0 Å². The molecule has 1 aliphatic carbocycles. The zero-order chi connectivity index (χ0) is 14.8. The van der Waals surface area contributed by atoms with E-state index in [2.05, 4.69) is 57.8 Å². The van der Waals surface area contributed by atoms with Gasteiger partial charge in [-0.15, -0.1) is 5.10 Å². The van der Waals surface area contributed by atoms with Crippen molar-refractivity contribution in [3.05, 3.63) is 34.6 Å². The molecule has 3 rings (SSSR count). The number of rotatable bonds is 4. The van der Waals surface area contributed by atoms with Gasteiger partial charge in [-0.3, -0.25) is 4.57 Å². The first-order valence-electron chi connectivity index (χ1n) is 7.72. The van der Waals surface area contributed by atoms with Crippen LogP contribution in [0.4, 0.5) is 11.6 Å². The Morgan fingerprint density at radius 3 is 2.71 bits per heavy atom. The van der Waals surface area contributed by atoms with Gasteiger partial charge in [0.15, 0.2) is 4.77 Å². The van der Waals surface area contributed by atoms with Crippen molar-refractivity contribution in [1.29, 1.82) is 0 Å². The second-order valence-corrected chi connectivity index (χ2v) is 6.05. The number of H-pyrrole nitrogens is 1. The molecule has 1 fully saturated rings. The zero-order valence-electron chi connectivity index (χ0n) is 12.7. The Hall–Kier alpha value is -1.62. The Kier molecular flexibility index (Phi) is 4.10. The lowest BCUT2D eigenvalue weighted by Gasteiger charge is -2.26. The average molecular weight is 302 g/mol. The Labute approximate surface area is 130 Å². The van der Waals surface area contributed by atoms with E-state index >= 15 is 0 Å². The highest BCUT2D eigenvalue weighted by atomic mass is 32.1. The summed E-state index contributed by atoms with van der Waals surface area (Å²) in [5.41, 5.74) is 2.46. The summed E-state index contributed by atoms with van der Waals surface area (Å²) in [7, 11) is 0. The smallest absolute Gasteiger partial charge is 0.230 e. The minimum absolute atomic E-state index is 0.490. The van der Waals surface area contributed by atoms with E-state index in [0.717, 1.165) is 17.3 Å². The van der Waals surface area contributed by atoms with Crippen molar-refractivity contribution in [3.8, 4) is 0 Å². The molecule has 0 spiro atoms. The Morgan fingerprint density at radius 2 is 2.05 bits per heavy atom. The molecule has 0 bridgehead atoms. The van der Waals surface area contributed by atoms with Crippen LogP contribution in [-0.4, -0.2) is 21.3 Å². The number of nitrogens with zero attached hydrogens (tertiary/aromatic N) is 3. The maximum atomic E-state index is 5.48. The van der Waals surface area contributed by atoms with E-state index in [1.165, 1.54) is 36.9 Å². The SMILES string of the molecule is CCN(c1ccccc1C)c1n[nH]c(=S)n1C1CCCC1. The van der Waals surface area contributed by atoms with Crippen molar-refractivity contribution in [2.75, 3.05) is 11.4 Å². The highest BCUT2D eigenvalue weighted by Gasteiger charge is 2.24. The number of hydrogen-bond donors (Lipinski definition) is 1. The molecule has 0 saturated heterocycles. The first kappa shape index (κ1) is 14.3. The molecule has 21 heavy (non-hydrogen) atoms. The zero-order valence-corrected chi connectivity index (χ0v) is 13.5. The summed E-state index contributed by atoms with van der Waals surface area (Å²) in [6.07, 6.45) is 4.97. The summed E-state index contributed by atoms with van der Waals surface area (Å²) in [6.45, 7) is 5.17. The minimum Gasteiger partial charge on any atom is -0.311 e. The van der Waals surface area contributed by atoms with Crippen LogP contribution in [0.1, 0.15) is 44.2 Å². The van der Waals surface area contributed by atoms with Crippen molar-refractivity contribution in [2.24, 2.45) is 0 Å². The summed E-state index contributed by atoms with van der Waals surface area (Å²) in [5, 5.41) is 7.51. The highest BCUT2D eigenvalue weighted by molar-refractivity contribution is 7.71. The van der Waals surface area contributed by atoms with Crippen molar-refractivity contribution in [1.82, 2.24) is 14.8 Å². The molecule has 1 heterocycles. The third-order valence-corrected chi connectivity index (χ3v) is 4.63. The number of aromatic nitrogens is 3. The van der Waals surface area contributed by atoms with Crippen LogP contribution in [0.3, 0.4) is 0 Å². The molecule has 1 aliphatic rings. The van der Waals surface area contributed by atoms with E-state index in [0.29, 0.717) is 6.04 Å². The van der Waals surface area contributed by atoms with Crippen LogP contribution >= 0.6 is 12.2 Å². The van der Waals surface area contributed by atoms with Gasteiger partial charge in [-0.05, 0) is 50.5 Å². The van der Waals surface area contributed by atoms with Crippen molar-refractivity contribution in [2.45, 2.75) is 45.6 Å². The van der Waals surface area contributed by atoms with Crippen LogP contribution in [0, 0.1) is 11.7 Å². The second kappa shape index (κ2) is 6.02. The molecule has 0 unspecified atom stereocenters. The standard InChI is InChI=1S/C16H22N4S/c1-3-19(14-11-7-4-8-12(14)2)15-17-18-16(21)20(15)13-9-5-6-10-13/h4,7-8,11,13H,3,5-6,9-10H2,1-2H3,(H,18,21). The molecule has 0 aliphatic heterocycles. The van der Waals surface area contributed by atoms with Gasteiger partial charge < -0.3 is 4.90 Å². The maximum Gasteiger partial charge on any atom is 0.230 e. The van der Waals surface area contributed by atoms with Gasteiger partial charge in [-0.1, -0.05) is 31.0 Å². The number of nitrogens with one attached hydrogen (secondary N) is 1. The van der Waals surface area contributed by atoms with Gasteiger partial charge in [0.05, 0.1) is 0 Å². The molecule has 1 N–H and O–H groups in total. The molecule has 2 aromatic rings. The number of benzene rings is 1. The molecule has 5 heteroatoms. The summed E-state index contributed by atoms with van der Waals surface area (Å²) in [6, 6.07) is 8.92. The average Bonchev–Trinajstić information content (AvgIpc) is 3.11. The summed E-state index contributed by atoms with van der Waals surface area (Å²) < 4.78 is 2.96. The number of anilines is 2. The van der Waals surface area contributed by atoms with Crippen molar-refractivity contribution in [3.63, 3.8) is 0 Å². The lowest BCUT2D eigenvalue weighted by molar-refractivity contribution is 0.511. The number of hydrogen-bond acceptors (Lipinski definition) is 3. The fraction of sp³-hybridized carbons (Fsp3) is 0.500. The predicted octanol–water partition coefficient (Wildman–Crippen LogP) is 4.52. The molecule has 1 aromatic carbocycles. The Morgan fingerprint density at radius 1 is 1.33 bits per heavy atom. The first-order valence-corrected chi connectivity index (χ1v) is 8.13. The Bertz CT molecular complexity index is 667. The van der Waals surface area contributed by atoms with Gasteiger partial charge in [0.1, 0.15) is 0 Å². The topological polar surface area (TPSA) is 36.9 Å². The minimum atomic E-state index is 0.490. The van der Waals surface area contributed by atoms with Gasteiger partial charge >= 0.3 is 0 Å². The van der Waals surface area contributed by atoms with Gasteiger partial charge in [-0.2, -0.15) is 0 Å². The number of aromatic amines is 1. The third kappa shape index (κ3) is 2.62. The molecule has 0 radical (unpaired) electrons. The first-order chi connectivity index (χ1) is 10.2. The predicted molar refractivity (Wildman–Crippen MR) is 88.8 cm³/mol. The summed E-state index contributed by atoms with van der Waals surface area (Å²) in [5.74, 6) is 0.948. The monoisotopic (exact) mass is 302 g/mol. The van der Waals surface area contributed by atoms with E-state index in [-0.39, 0.29) is 0 Å². The van der Waals surface area contributed by atoms with Crippen LogP contribution in [0.25, 0.3) is 0 Å². The quantitative estimate of drug-likeness (QED) is 0.844. The third-order valence-electron chi connectivity index (χ3n) is 4.34.